The zero-order valence-electron chi connectivity index (χ0n) is 16.6. The van der Waals surface area contributed by atoms with E-state index >= 15 is 0 Å². The Morgan fingerprint density at radius 1 is 1.06 bits per heavy atom. The molecule has 0 saturated carbocycles. The van der Waals surface area contributed by atoms with Gasteiger partial charge in [0.25, 0.3) is 5.91 Å². The van der Waals surface area contributed by atoms with Gasteiger partial charge in [-0.2, -0.15) is 8.78 Å². The van der Waals surface area contributed by atoms with Gasteiger partial charge in [-0.3, -0.25) is 15.2 Å². The summed E-state index contributed by atoms with van der Waals surface area (Å²) in [6.45, 7) is -2.65. The summed E-state index contributed by atoms with van der Waals surface area (Å²) >= 11 is 0. The molecule has 0 saturated heterocycles. The number of amides is 1. The maximum absolute atomic E-state index is 12.4. The number of benzene rings is 1. The normalized spacial score (nSPS) is 10.6. The summed E-state index contributed by atoms with van der Waals surface area (Å²) in [5.41, 5.74) is 7.07. The summed E-state index contributed by atoms with van der Waals surface area (Å²) in [4.78, 5) is 24.4. The van der Waals surface area contributed by atoms with Gasteiger partial charge in [-0.25, -0.2) is 15.4 Å². The molecule has 162 valence electrons. The number of nitrogens with one attached hydrogen (secondary N) is 2. The van der Waals surface area contributed by atoms with Crippen LogP contribution >= 0.6 is 0 Å². The molecule has 2 aromatic heterocycles. The van der Waals surface area contributed by atoms with Crippen LogP contribution in [-0.2, 0) is 6.54 Å². The highest BCUT2D eigenvalue weighted by Crippen LogP contribution is 2.22. The Morgan fingerprint density at radius 3 is 2.42 bits per heavy atom. The molecule has 0 unspecified atom stereocenters. The van der Waals surface area contributed by atoms with Crippen LogP contribution < -0.4 is 25.1 Å². The topological polar surface area (TPSA) is 107 Å². The summed E-state index contributed by atoms with van der Waals surface area (Å²) in [5.74, 6) is 0.521. The van der Waals surface area contributed by atoms with Crippen molar-refractivity contribution < 1.29 is 27.8 Å². The van der Waals surface area contributed by atoms with Gasteiger partial charge >= 0.3 is 6.61 Å². The van der Waals surface area contributed by atoms with Crippen LogP contribution in [0.4, 0.5) is 8.78 Å². The van der Waals surface area contributed by atoms with Crippen molar-refractivity contribution in [2.24, 2.45) is 0 Å². The summed E-state index contributed by atoms with van der Waals surface area (Å²) in [5, 5.41) is 0. The lowest BCUT2D eigenvalue weighted by atomic mass is 10.2. The molecule has 0 atom stereocenters. The van der Waals surface area contributed by atoms with Crippen LogP contribution in [0.2, 0.25) is 0 Å². The number of carbonyl (C=O) groups excluding carboxylic acids is 1. The standard InChI is InChI=1S/C20H19F2N5O4/c1-29-14-5-12(6-15(7-14)30-2)8-25-27-19(28)17-11-23-10-16(26-17)13-3-4-18(24-9-13)31-20(21)22/h3-7,9-11,20,25H,8H2,1-2H3,(H,27,28). The fraction of sp³-hybridized carbons (Fsp3) is 0.200. The Morgan fingerprint density at radius 2 is 1.81 bits per heavy atom. The lowest BCUT2D eigenvalue weighted by molar-refractivity contribution is -0.0528. The largest absolute Gasteiger partial charge is 0.497 e. The van der Waals surface area contributed by atoms with Gasteiger partial charge in [0.1, 0.15) is 17.2 Å². The summed E-state index contributed by atoms with van der Waals surface area (Å²) < 4.78 is 39.1. The van der Waals surface area contributed by atoms with Crippen LogP contribution in [-0.4, -0.2) is 41.7 Å². The quantitative estimate of drug-likeness (QED) is 0.498. The molecule has 2 heterocycles. The Balaban J connectivity index is 1.63. The van der Waals surface area contributed by atoms with Crippen LogP contribution in [0.3, 0.4) is 0 Å². The molecule has 0 fully saturated rings. The molecular weight excluding hydrogens is 412 g/mol. The molecule has 0 radical (unpaired) electrons. The van der Waals surface area contributed by atoms with Gasteiger partial charge in [0.05, 0.1) is 32.3 Å². The van der Waals surface area contributed by atoms with Gasteiger partial charge < -0.3 is 14.2 Å². The minimum atomic E-state index is -2.96. The maximum atomic E-state index is 12.4. The predicted octanol–water partition coefficient (Wildman–Crippen LogP) is 2.59. The molecule has 0 spiro atoms. The zero-order chi connectivity index (χ0) is 22.2. The Kier molecular flexibility index (Phi) is 7.22. The average Bonchev–Trinajstić information content (AvgIpc) is 2.79. The smallest absolute Gasteiger partial charge is 0.388 e. The number of ether oxygens (including phenoxy) is 3. The molecular formula is C20H19F2N5O4. The molecule has 31 heavy (non-hydrogen) atoms. The van der Waals surface area contributed by atoms with Crippen molar-refractivity contribution in [1.82, 2.24) is 25.8 Å². The minimum absolute atomic E-state index is 0.0566. The van der Waals surface area contributed by atoms with Gasteiger partial charge in [-0.05, 0) is 23.8 Å². The number of methoxy groups -OCH3 is 2. The molecule has 0 aliphatic heterocycles. The summed E-state index contributed by atoms with van der Waals surface area (Å²) in [6.07, 6.45) is 4.03. The Bertz CT molecular complexity index is 1010. The lowest BCUT2D eigenvalue weighted by Crippen LogP contribution is -2.37. The third kappa shape index (κ3) is 6.06. The van der Waals surface area contributed by atoms with E-state index < -0.39 is 12.5 Å². The Labute approximate surface area is 176 Å². The van der Waals surface area contributed by atoms with E-state index in [0.29, 0.717) is 29.3 Å². The molecule has 3 aromatic rings. The second kappa shape index (κ2) is 10.3. The molecule has 11 heteroatoms. The van der Waals surface area contributed by atoms with Crippen molar-refractivity contribution >= 4 is 5.91 Å². The first-order valence-electron chi connectivity index (χ1n) is 8.97. The van der Waals surface area contributed by atoms with Crippen molar-refractivity contribution in [3.05, 3.63) is 60.2 Å². The van der Waals surface area contributed by atoms with E-state index in [-0.39, 0.29) is 11.6 Å². The first kappa shape index (κ1) is 21.8. The zero-order valence-corrected chi connectivity index (χ0v) is 16.6. The minimum Gasteiger partial charge on any atom is -0.497 e. The van der Waals surface area contributed by atoms with Crippen molar-refractivity contribution in [1.29, 1.82) is 0 Å². The fourth-order valence-electron chi connectivity index (χ4n) is 2.57. The van der Waals surface area contributed by atoms with Gasteiger partial charge in [-0.1, -0.05) is 0 Å². The van der Waals surface area contributed by atoms with Crippen molar-refractivity contribution in [2.75, 3.05) is 14.2 Å². The number of nitrogens with zero attached hydrogens (tertiary/aromatic N) is 3. The van der Waals surface area contributed by atoms with E-state index in [2.05, 4.69) is 30.5 Å². The number of rotatable bonds is 9. The number of carbonyl (C=O) groups is 1. The van der Waals surface area contributed by atoms with Crippen LogP contribution in [0.25, 0.3) is 11.3 Å². The SMILES string of the molecule is COc1cc(CNNC(=O)c2cncc(-c3ccc(OC(F)F)nc3)n2)cc(OC)c1. The lowest BCUT2D eigenvalue weighted by Gasteiger charge is -2.10. The highest BCUT2D eigenvalue weighted by molar-refractivity contribution is 5.92. The van der Waals surface area contributed by atoms with E-state index in [1.54, 1.807) is 32.4 Å². The fourth-order valence-corrected chi connectivity index (χ4v) is 2.57. The van der Waals surface area contributed by atoms with Crippen LogP contribution in [0, 0.1) is 0 Å². The highest BCUT2D eigenvalue weighted by Gasteiger charge is 2.11. The van der Waals surface area contributed by atoms with Crippen molar-refractivity contribution in [3.63, 3.8) is 0 Å². The molecule has 0 aliphatic carbocycles. The number of hydrogen-bond donors (Lipinski definition) is 2. The number of hydrogen-bond acceptors (Lipinski definition) is 8. The van der Waals surface area contributed by atoms with Crippen molar-refractivity contribution in [3.8, 4) is 28.6 Å². The van der Waals surface area contributed by atoms with Crippen molar-refractivity contribution in [2.45, 2.75) is 13.2 Å². The number of aromatic nitrogens is 3. The average molecular weight is 431 g/mol. The molecule has 0 aliphatic rings. The van der Waals surface area contributed by atoms with Gasteiger partial charge in [0.15, 0.2) is 0 Å². The van der Waals surface area contributed by atoms with E-state index in [9.17, 15) is 13.6 Å². The molecule has 3 rings (SSSR count). The van der Waals surface area contributed by atoms with E-state index in [4.69, 9.17) is 9.47 Å². The maximum Gasteiger partial charge on any atom is 0.388 e. The number of hydrazine groups is 1. The highest BCUT2D eigenvalue weighted by atomic mass is 19.3. The predicted molar refractivity (Wildman–Crippen MR) is 106 cm³/mol. The second-order valence-electron chi connectivity index (χ2n) is 6.08. The second-order valence-corrected chi connectivity index (χ2v) is 6.08. The van der Waals surface area contributed by atoms with E-state index in [0.717, 1.165) is 5.56 Å². The first-order chi connectivity index (χ1) is 15.0. The molecule has 9 nitrogen and oxygen atoms in total. The summed E-state index contributed by atoms with van der Waals surface area (Å²) in [6, 6.07) is 8.11. The molecule has 1 amide bonds. The third-order valence-corrected chi connectivity index (χ3v) is 4.01. The number of pyridine rings is 1. The van der Waals surface area contributed by atoms with E-state index in [1.165, 1.54) is 30.7 Å². The monoisotopic (exact) mass is 431 g/mol. The van der Waals surface area contributed by atoms with Crippen LogP contribution in [0.1, 0.15) is 16.1 Å². The van der Waals surface area contributed by atoms with Crippen LogP contribution in [0.5, 0.6) is 17.4 Å². The molecule has 2 N–H and O–H groups in total. The molecule has 1 aromatic carbocycles. The summed E-state index contributed by atoms with van der Waals surface area (Å²) in [7, 11) is 3.10. The number of halogens is 2. The molecule has 0 bridgehead atoms. The number of alkyl halides is 2. The van der Waals surface area contributed by atoms with Gasteiger partial charge in [0.2, 0.25) is 5.88 Å². The third-order valence-electron chi connectivity index (χ3n) is 4.01. The van der Waals surface area contributed by atoms with Crippen LogP contribution in [0.15, 0.2) is 48.9 Å². The van der Waals surface area contributed by atoms with Gasteiger partial charge in [0, 0.05) is 30.4 Å². The van der Waals surface area contributed by atoms with E-state index in [1.807, 2.05) is 0 Å². The van der Waals surface area contributed by atoms with Gasteiger partial charge in [-0.15, -0.1) is 0 Å². The Hall–Kier alpha value is -3.86. The first-order valence-corrected chi connectivity index (χ1v) is 8.97.